The van der Waals surface area contributed by atoms with Crippen LogP contribution in [0, 0.1) is 11.8 Å². The first kappa shape index (κ1) is 10.8. The van der Waals surface area contributed by atoms with Crippen LogP contribution < -0.4 is 5.32 Å². The van der Waals surface area contributed by atoms with Crippen LogP contribution in [0.3, 0.4) is 0 Å². The highest BCUT2D eigenvalue weighted by molar-refractivity contribution is 5.81. The number of nitrogens with zero attached hydrogens (tertiary/aromatic N) is 1. The van der Waals surface area contributed by atoms with Gasteiger partial charge in [-0.3, -0.25) is 0 Å². The highest BCUT2D eigenvalue weighted by Crippen LogP contribution is 2.19. The minimum atomic E-state index is 0.765. The summed E-state index contributed by atoms with van der Waals surface area (Å²) in [5.41, 5.74) is 2.54. The Kier molecular flexibility index (Phi) is 3.28. The minimum Gasteiger partial charge on any atom is -0.332 e. The van der Waals surface area contributed by atoms with E-state index in [2.05, 4.69) is 52.1 Å². The number of benzene rings is 1. The van der Waals surface area contributed by atoms with Crippen molar-refractivity contribution in [3.8, 4) is 11.8 Å². The Morgan fingerprint density at radius 1 is 1.31 bits per heavy atom. The molecule has 0 saturated carbocycles. The van der Waals surface area contributed by atoms with Crippen LogP contribution in [0.4, 0.5) is 0 Å². The number of hydrogen-bond donors (Lipinski definition) is 1. The molecule has 2 nitrogen and oxygen atoms in total. The molecular weight excluding hydrogens is 196 g/mol. The van der Waals surface area contributed by atoms with Gasteiger partial charge in [-0.2, -0.15) is 0 Å². The molecule has 0 saturated heterocycles. The van der Waals surface area contributed by atoms with Crippen LogP contribution in [0.5, 0.6) is 0 Å². The van der Waals surface area contributed by atoms with Crippen molar-refractivity contribution in [2.24, 2.45) is 0 Å². The van der Waals surface area contributed by atoms with Gasteiger partial charge in [0.2, 0.25) is 0 Å². The van der Waals surface area contributed by atoms with E-state index in [9.17, 15) is 0 Å². The van der Waals surface area contributed by atoms with E-state index in [0.29, 0.717) is 0 Å². The largest absolute Gasteiger partial charge is 0.332 e. The highest BCUT2D eigenvalue weighted by Gasteiger charge is 2.05. The quantitative estimate of drug-likeness (QED) is 0.773. The average Bonchev–Trinajstić information content (AvgIpc) is 2.65. The molecule has 0 fully saturated rings. The molecule has 0 unspecified atom stereocenters. The molecule has 1 N–H and O–H groups in total. The van der Waals surface area contributed by atoms with Gasteiger partial charge in [-0.25, -0.2) is 0 Å². The summed E-state index contributed by atoms with van der Waals surface area (Å²) in [6.07, 6.45) is 0. The van der Waals surface area contributed by atoms with E-state index in [1.807, 2.05) is 14.0 Å². The van der Waals surface area contributed by atoms with Crippen molar-refractivity contribution < 1.29 is 0 Å². The fourth-order valence-corrected chi connectivity index (χ4v) is 1.94. The Hall–Kier alpha value is -1.72. The number of aromatic nitrogens is 1. The van der Waals surface area contributed by atoms with E-state index in [0.717, 1.165) is 13.1 Å². The molecule has 0 spiro atoms. The first-order chi connectivity index (χ1) is 7.86. The third-order valence-corrected chi connectivity index (χ3v) is 2.67. The van der Waals surface area contributed by atoms with Gasteiger partial charge in [-0.05, 0) is 31.5 Å². The summed E-state index contributed by atoms with van der Waals surface area (Å²) in [6, 6.07) is 10.7. The molecule has 2 aromatic rings. The molecular formula is C14H16N2. The summed E-state index contributed by atoms with van der Waals surface area (Å²) in [7, 11) is 1.97. The predicted molar refractivity (Wildman–Crippen MR) is 68.2 cm³/mol. The summed E-state index contributed by atoms with van der Waals surface area (Å²) < 4.78 is 2.27. The molecule has 82 valence electrons. The number of rotatable bonds is 3. The van der Waals surface area contributed by atoms with Gasteiger partial charge in [0, 0.05) is 17.8 Å². The zero-order valence-electron chi connectivity index (χ0n) is 9.75. The lowest BCUT2D eigenvalue weighted by atomic mass is 10.2. The van der Waals surface area contributed by atoms with Crippen molar-refractivity contribution in [1.29, 1.82) is 0 Å². The van der Waals surface area contributed by atoms with Crippen molar-refractivity contribution in [2.75, 3.05) is 7.05 Å². The van der Waals surface area contributed by atoms with Crippen LogP contribution in [0.25, 0.3) is 10.9 Å². The standard InChI is InChI=1S/C14H16N2/c1-3-4-9-16-13(11-15-2)10-12-7-5-6-8-14(12)16/h5-8,10,15H,9,11H2,1-2H3. The Morgan fingerprint density at radius 3 is 2.88 bits per heavy atom. The molecule has 16 heavy (non-hydrogen) atoms. The second kappa shape index (κ2) is 4.87. The molecule has 0 radical (unpaired) electrons. The van der Waals surface area contributed by atoms with E-state index in [4.69, 9.17) is 0 Å². The third-order valence-electron chi connectivity index (χ3n) is 2.67. The zero-order chi connectivity index (χ0) is 11.4. The summed E-state index contributed by atoms with van der Waals surface area (Å²) in [6.45, 7) is 3.52. The third kappa shape index (κ3) is 1.95. The molecule has 0 aliphatic heterocycles. The fourth-order valence-electron chi connectivity index (χ4n) is 1.94. The fraction of sp³-hybridized carbons (Fsp3) is 0.286. The zero-order valence-corrected chi connectivity index (χ0v) is 9.75. The molecule has 1 aromatic carbocycles. The summed E-state index contributed by atoms with van der Waals surface area (Å²) in [5, 5.41) is 4.48. The Labute approximate surface area is 96.3 Å². The summed E-state index contributed by atoms with van der Waals surface area (Å²) in [4.78, 5) is 0. The van der Waals surface area contributed by atoms with Crippen molar-refractivity contribution >= 4 is 10.9 Å². The van der Waals surface area contributed by atoms with E-state index in [1.54, 1.807) is 0 Å². The molecule has 1 heterocycles. The topological polar surface area (TPSA) is 17.0 Å². The lowest BCUT2D eigenvalue weighted by Crippen LogP contribution is -2.10. The second-order valence-corrected chi connectivity index (χ2v) is 3.74. The van der Waals surface area contributed by atoms with Gasteiger partial charge in [0.1, 0.15) is 0 Å². The number of fused-ring (bicyclic) bond motifs is 1. The van der Waals surface area contributed by atoms with Crippen molar-refractivity contribution in [1.82, 2.24) is 9.88 Å². The van der Waals surface area contributed by atoms with E-state index < -0.39 is 0 Å². The summed E-state index contributed by atoms with van der Waals surface area (Å²) >= 11 is 0. The van der Waals surface area contributed by atoms with Gasteiger partial charge >= 0.3 is 0 Å². The molecule has 1 aromatic heterocycles. The van der Waals surface area contributed by atoms with Gasteiger partial charge in [-0.15, -0.1) is 5.92 Å². The van der Waals surface area contributed by atoms with Crippen LogP contribution >= 0.6 is 0 Å². The van der Waals surface area contributed by atoms with Gasteiger partial charge in [0.25, 0.3) is 0 Å². The monoisotopic (exact) mass is 212 g/mol. The van der Waals surface area contributed by atoms with Gasteiger partial charge in [0.15, 0.2) is 0 Å². The van der Waals surface area contributed by atoms with Crippen LogP contribution in [0.15, 0.2) is 30.3 Å². The van der Waals surface area contributed by atoms with Crippen molar-refractivity contribution in [2.45, 2.75) is 20.0 Å². The van der Waals surface area contributed by atoms with Gasteiger partial charge in [-0.1, -0.05) is 24.1 Å². The Morgan fingerprint density at radius 2 is 2.12 bits per heavy atom. The maximum Gasteiger partial charge on any atom is 0.0840 e. The molecule has 0 atom stereocenters. The van der Waals surface area contributed by atoms with E-state index >= 15 is 0 Å². The molecule has 0 amide bonds. The second-order valence-electron chi connectivity index (χ2n) is 3.74. The minimum absolute atomic E-state index is 0.765. The first-order valence-electron chi connectivity index (χ1n) is 5.48. The maximum atomic E-state index is 3.19. The van der Waals surface area contributed by atoms with E-state index in [-0.39, 0.29) is 0 Å². The smallest absolute Gasteiger partial charge is 0.0840 e. The number of nitrogens with one attached hydrogen (secondary N) is 1. The molecule has 0 aliphatic rings. The van der Waals surface area contributed by atoms with Crippen LogP contribution in [-0.2, 0) is 13.1 Å². The Balaban J connectivity index is 2.53. The summed E-state index contributed by atoms with van der Waals surface area (Å²) in [5.74, 6) is 6.08. The van der Waals surface area contributed by atoms with Gasteiger partial charge < -0.3 is 9.88 Å². The normalized spacial score (nSPS) is 10.1. The lowest BCUT2D eigenvalue weighted by molar-refractivity contribution is 0.724. The molecule has 2 rings (SSSR count). The first-order valence-corrected chi connectivity index (χ1v) is 5.48. The predicted octanol–water partition coefficient (Wildman–Crippen LogP) is 2.38. The average molecular weight is 212 g/mol. The SMILES string of the molecule is CC#CCn1c(CNC)cc2ccccc21. The van der Waals surface area contributed by atoms with Crippen LogP contribution in [0.1, 0.15) is 12.6 Å². The molecule has 0 aliphatic carbocycles. The van der Waals surface area contributed by atoms with Crippen LogP contribution in [-0.4, -0.2) is 11.6 Å². The van der Waals surface area contributed by atoms with Crippen molar-refractivity contribution in [3.63, 3.8) is 0 Å². The van der Waals surface area contributed by atoms with Crippen LogP contribution in [0.2, 0.25) is 0 Å². The maximum absolute atomic E-state index is 3.19. The molecule has 0 bridgehead atoms. The van der Waals surface area contributed by atoms with Crippen molar-refractivity contribution in [3.05, 3.63) is 36.0 Å². The molecule has 2 heteroatoms. The number of para-hydroxylation sites is 1. The Bertz CT molecular complexity index is 541. The van der Waals surface area contributed by atoms with Gasteiger partial charge in [0.05, 0.1) is 6.54 Å². The van der Waals surface area contributed by atoms with E-state index in [1.165, 1.54) is 16.6 Å². The number of hydrogen-bond acceptors (Lipinski definition) is 1. The lowest BCUT2D eigenvalue weighted by Gasteiger charge is -2.06. The highest BCUT2D eigenvalue weighted by atomic mass is 15.0.